The van der Waals surface area contributed by atoms with Crippen LogP contribution in [0.4, 0.5) is 0 Å². The molecule has 0 radical (unpaired) electrons. The topological polar surface area (TPSA) is 17.1 Å². The second-order valence-electron chi connectivity index (χ2n) is 3.80. The van der Waals surface area contributed by atoms with Crippen molar-refractivity contribution in [2.45, 2.75) is 6.42 Å². The van der Waals surface area contributed by atoms with E-state index in [0.29, 0.717) is 5.92 Å². The summed E-state index contributed by atoms with van der Waals surface area (Å²) in [6.45, 7) is 0. The van der Waals surface area contributed by atoms with Crippen LogP contribution in [0.5, 0.6) is 0 Å². The normalized spacial score (nSPS) is 18.0. The van der Waals surface area contributed by atoms with Gasteiger partial charge < -0.3 is 0 Å². The third-order valence-electron chi connectivity index (χ3n) is 2.57. The summed E-state index contributed by atoms with van der Waals surface area (Å²) in [5, 5.41) is 0. The van der Waals surface area contributed by atoms with Crippen LogP contribution in [0.1, 0.15) is 16.8 Å². The van der Waals surface area contributed by atoms with Gasteiger partial charge in [-0.15, -0.1) is 0 Å². The minimum atomic E-state index is 0. The Bertz CT molecular complexity index is 443. The zero-order valence-electron chi connectivity index (χ0n) is 9.04. The molecule has 0 fully saturated rings. The number of benzene rings is 1. The van der Waals surface area contributed by atoms with E-state index in [1.54, 1.807) is 6.08 Å². The Balaban J connectivity index is 0.00000144. The van der Waals surface area contributed by atoms with Crippen molar-refractivity contribution in [1.82, 2.24) is 0 Å². The van der Waals surface area contributed by atoms with Crippen molar-refractivity contribution in [2.24, 2.45) is 5.92 Å². The third-order valence-corrected chi connectivity index (χ3v) is 2.57. The average Bonchev–Trinajstić information content (AvgIpc) is 2.38. The van der Waals surface area contributed by atoms with E-state index in [-0.39, 0.29) is 43.5 Å². The summed E-state index contributed by atoms with van der Waals surface area (Å²) in [7, 11) is 0. The molecule has 1 nitrogen and oxygen atoms in total. The number of allylic oxidation sites excluding steroid dienone is 6. The molecular weight excluding hydrogens is 236 g/mol. The fourth-order valence-electron chi connectivity index (χ4n) is 1.65. The minimum absolute atomic E-state index is 0. The summed E-state index contributed by atoms with van der Waals surface area (Å²) < 4.78 is 0. The fraction of sp³-hybridized carbons (Fsp3) is 0.133. The molecular formula is C15H16CaO. The van der Waals surface area contributed by atoms with E-state index in [1.165, 1.54) is 0 Å². The maximum absolute atomic E-state index is 11.8. The number of hydrogen-bond donors (Lipinski definition) is 0. The van der Waals surface area contributed by atoms with Crippen LogP contribution in [0.3, 0.4) is 0 Å². The standard InChI is InChI=1S/C15H14O.Ca.2H/c16-15(14-9-5-2-6-10-14)12-11-13-7-3-1-4-8-13;;;/h1-7,9-13H,8H2;;;. The average molecular weight is 252 g/mol. The predicted molar refractivity (Wildman–Crippen MR) is 74.8 cm³/mol. The molecule has 1 aliphatic rings. The Morgan fingerprint density at radius 2 is 1.94 bits per heavy atom. The van der Waals surface area contributed by atoms with Gasteiger partial charge >= 0.3 is 37.7 Å². The van der Waals surface area contributed by atoms with Crippen molar-refractivity contribution in [1.29, 1.82) is 0 Å². The van der Waals surface area contributed by atoms with Crippen LogP contribution >= 0.6 is 0 Å². The van der Waals surface area contributed by atoms with Gasteiger partial charge in [0.05, 0.1) is 0 Å². The SMILES string of the molecule is O=C(C=CC1C=CC=CC1)c1ccccc1.[CaH2]. The van der Waals surface area contributed by atoms with Crippen molar-refractivity contribution < 1.29 is 4.79 Å². The van der Waals surface area contributed by atoms with Crippen LogP contribution < -0.4 is 0 Å². The van der Waals surface area contributed by atoms with Crippen molar-refractivity contribution in [2.75, 3.05) is 0 Å². The zero-order chi connectivity index (χ0) is 11.2. The van der Waals surface area contributed by atoms with Gasteiger partial charge in [0, 0.05) is 5.56 Å². The summed E-state index contributed by atoms with van der Waals surface area (Å²) in [5.74, 6) is 0.432. The number of ketones is 1. The summed E-state index contributed by atoms with van der Waals surface area (Å²) >= 11 is 0. The van der Waals surface area contributed by atoms with Crippen molar-refractivity contribution in [3.05, 3.63) is 72.4 Å². The van der Waals surface area contributed by atoms with Crippen LogP contribution in [0.15, 0.2) is 66.8 Å². The molecule has 1 aromatic rings. The quantitative estimate of drug-likeness (QED) is 0.459. The Morgan fingerprint density at radius 3 is 2.59 bits per heavy atom. The first-order valence-corrected chi connectivity index (χ1v) is 5.47. The van der Waals surface area contributed by atoms with E-state index < -0.39 is 0 Å². The predicted octanol–water partition coefficient (Wildman–Crippen LogP) is 2.64. The Hall–Kier alpha value is -0.630. The van der Waals surface area contributed by atoms with Crippen molar-refractivity contribution in [3.8, 4) is 0 Å². The first-order chi connectivity index (χ1) is 7.86. The van der Waals surface area contributed by atoms with Crippen LogP contribution in [0.2, 0.25) is 0 Å². The van der Waals surface area contributed by atoms with Crippen LogP contribution in [0.25, 0.3) is 0 Å². The second-order valence-corrected chi connectivity index (χ2v) is 3.80. The van der Waals surface area contributed by atoms with E-state index in [0.717, 1.165) is 12.0 Å². The van der Waals surface area contributed by atoms with Crippen LogP contribution in [-0.2, 0) is 0 Å². The summed E-state index contributed by atoms with van der Waals surface area (Å²) in [4.78, 5) is 11.8. The zero-order valence-corrected chi connectivity index (χ0v) is 9.04. The Morgan fingerprint density at radius 1 is 1.18 bits per heavy atom. The molecule has 0 aromatic heterocycles. The van der Waals surface area contributed by atoms with Gasteiger partial charge in [0.25, 0.3) is 0 Å². The molecule has 0 spiro atoms. The van der Waals surface area contributed by atoms with Gasteiger partial charge in [-0.1, -0.05) is 60.7 Å². The molecule has 0 N–H and O–H groups in total. The van der Waals surface area contributed by atoms with Gasteiger partial charge in [-0.3, -0.25) is 4.79 Å². The molecule has 1 aliphatic carbocycles. The molecule has 1 atom stereocenters. The number of rotatable bonds is 3. The molecule has 2 rings (SSSR count). The monoisotopic (exact) mass is 252 g/mol. The molecule has 84 valence electrons. The molecule has 1 aromatic carbocycles. The summed E-state index contributed by atoms with van der Waals surface area (Å²) in [6.07, 6.45) is 12.9. The van der Waals surface area contributed by atoms with Crippen LogP contribution in [0, 0.1) is 5.92 Å². The van der Waals surface area contributed by atoms with Crippen molar-refractivity contribution >= 4 is 43.5 Å². The molecule has 0 aliphatic heterocycles. The van der Waals surface area contributed by atoms with E-state index in [4.69, 9.17) is 0 Å². The number of carbonyl (C=O) groups excluding carboxylic acids is 1. The van der Waals surface area contributed by atoms with Gasteiger partial charge in [0.2, 0.25) is 0 Å². The molecule has 17 heavy (non-hydrogen) atoms. The van der Waals surface area contributed by atoms with E-state index >= 15 is 0 Å². The van der Waals surface area contributed by atoms with Crippen LogP contribution in [-0.4, -0.2) is 43.5 Å². The molecule has 0 amide bonds. The fourth-order valence-corrected chi connectivity index (χ4v) is 1.65. The Kier molecular flexibility index (Phi) is 6.49. The first-order valence-electron chi connectivity index (χ1n) is 5.47. The Labute approximate surface area is 132 Å². The maximum atomic E-state index is 11.8. The molecule has 1 unspecified atom stereocenters. The summed E-state index contributed by atoms with van der Waals surface area (Å²) in [6, 6.07) is 9.34. The van der Waals surface area contributed by atoms with Gasteiger partial charge in [0.15, 0.2) is 5.78 Å². The van der Waals surface area contributed by atoms with E-state index in [2.05, 4.69) is 12.2 Å². The van der Waals surface area contributed by atoms with Gasteiger partial charge in [-0.25, -0.2) is 0 Å². The second kappa shape index (κ2) is 7.65. The molecule has 2 heteroatoms. The number of hydrogen-bond acceptors (Lipinski definition) is 1. The molecule has 0 heterocycles. The molecule has 0 saturated heterocycles. The van der Waals surface area contributed by atoms with Gasteiger partial charge in [0.1, 0.15) is 0 Å². The van der Waals surface area contributed by atoms with Gasteiger partial charge in [-0.2, -0.15) is 0 Å². The van der Waals surface area contributed by atoms with Crippen molar-refractivity contribution in [3.63, 3.8) is 0 Å². The summed E-state index contributed by atoms with van der Waals surface area (Å²) in [5.41, 5.74) is 0.745. The first kappa shape index (κ1) is 14.4. The molecule has 0 bridgehead atoms. The number of carbonyl (C=O) groups is 1. The third kappa shape index (κ3) is 4.63. The molecule has 0 saturated carbocycles. The van der Waals surface area contributed by atoms with E-state index in [1.807, 2.05) is 48.6 Å². The van der Waals surface area contributed by atoms with Gasteiger partial charge in [-0.05, 0) is 18.4 Å². The van der Waals surface area contributed by atoms with E-state index in [9.17, 15) is 4.79 Å².